The van der Waals surface area contributed by atoms with E-state index in [0.717, 1.165) is 13.1 Å². The molecule has 0 amide bonds. The number of nitrogens with zero attached hydrogens (tertiary/aromatic N) is 3. The highest BCUT2D eigenvalue weighted by atomic mass is 35.5. The van der Waals surface area contributed by atoms with Crippen LogP contribution in [0.15, 0.2) is 59.5 Å². The summed E-state index contributed by atoms with van der Waals surface area (Å²) in [4.78, 5) is 15.2. The van der Waals surface area contributed by atoms with E-state index in [1.165, 1.54) is 15.8 Å². The molecule has 0 radical (unpaired) electrons. The number of anilines is 1. The molecule has 0 bridgehead atoms. The Labute approximate surface area is 191 Å². The molecule has 1 saturated heterocycles. The summed E-state index contributed by atoms with van der Waals surface area (Å²) < 4.78 is 6.79. The van der Waals surface area contributed by atoms with E-state index in [1.54, 1.807) is 30.5 Å². The Morgan fingerprint density at radius 3 is 2.42 bits per heavy atom. The molecule has 2 aromatic carbocycles. The van der Waals surface area contributed by atoms with E-state index in [4.69, 9.17) is 27.9 Å². The second kappa shape index (κ2) is 9.83. The van der Waals surface area contributed by atoms with E-state index in [-0.39, 0.29) is 16.6 Å². The minimum absolute atomic E-state index is 0.106. The lowest BCUT2D eigenvalue weighted by molar-refractivity contribution is 0.0187. The van der Waals surface area contributed by atoms with Crippen molar-refractivity contribution in [2.24, 2.45) is 0 Å². The Hall–Kier alpha value is -2.38. The molecular weight excluding hydrogens is 435 g/mol. The van der Waals surface area contributed by atoms with E-state index in [9.17, 15) is 4.79 Å². The lowest BCUT2D eigenvalue weighted by atomic mass is 10.0. The summed E-state index contributed by atoms with van der Waals surface area (Å²) in [5.74, 6) is 0. The van der Waals surface area contributed by atoms with Crippen LogP contribution in [0.5, 0.6) is 0 Å². The van der Waals surface area contributed by atoms with Crippen LogP contribution in [-0.2, 0) is 4.74 Å². The van der Waals surface area contributed by atoms with Gasteiger partial charge in [-0.15, -0.1) is 0 Å². The van der Waals surface area contributed by atoms with Crippen LogP contribution in [0.4, 0.5) is 5.69 Å². The van der Waals surface area contributed by atoms with Gasteiger partial charge in [-0.1, -0.05) is 53.0 Å². The molecule has 1 fully saturated rings. The topological polar surface area (TPSA) is 59.4 Å². The molecule has 162 valence electrons. The van der Waals surface area contributed by atoms with E-state index < -0.39 is 0 Å². The van der Waals surface area contributed by atoms with Crippen molar-refractivity contribution in [3.05, 3.63) is 86.3 Å². The van der Waals surface area contributed by atoms with Gasteiger partial charge in [-0.2, -0.15) is 9.78 Å². The van der Waals surface area contributed by atoms with Gasteiger partial charge in [0.15, 0.2) is 0 Å². The van der Waals surface area contributed by atoms with Crippen molar-refractivity contribution < 1.29 is 4.74 Å². The fraction of sp³-hybridized carbons (Fsp3) is 0.304. The fourth-order valence-electron chi connectivity index (χ4n) is 3.66. The lowest BCUT2D eigenvalue weighted by Gasteiger charge is -2.35. The van der Waals surface area contributed by atoms with Crippen LogP contribution in [0.25, 0.3) is 5.69 Å². The van der Waals surface area contributed by atoms with Gasteiger partial charge in [-0.05, 0) is 36.8 Å². The molecule has 3 aromatic rings. The second-order valence-electron chi connectivity index (χ2n) is 7.52. The maximum absolute atomic E-state index is 12.8. The lowest BCUT2D eigenvalue weighted by Crippen LogP contribution is -2.41. The number of halogens is 2. The molecule has 6 nitrogen and oxygen atoms in total. The number of ether oxygens (including phenoxy) is 1. The third-order valence-electron chi connectivity index (χ3n) is 5.42. The molecule has 1 unspecified atom stereocenters. The summed E-state index contributed by atoms with van der Waals surface area (Å²) in [6, 6.07) is 15.5. The van der Waals surface area contributed by atoms with Gasteiger partial charge >= 0.3 is 0 Å². The smallest absolute Gasteiger partial charge is 0.292 e. The molecule has 8 heteroatoms. The predicted molar refractivity (Wildman–Crippen MR) is 125 cm³/mol. The van der Waals surface area contributed by atoms with Crippen molar-refractivity contribution in [1.82, 2.24) is 14.7 Å². The first-order chi connectivity index (χ1) is 15.0. The minimum Gasteiger partial charge on any atom is -0.380 e. The van der Waals surface area contributed by atoms with Crippen molar-refractivity contribution >= 4 is 28.9 Å². The molecule has 1 aliphatic rings. The van der Waals surface area contributed by atoms with Gasteiger partial charge < -0.3 is 10.1 Å². The number of benzene rings is 2. The van der Waals surface area contributed by atoms with Crippen LogP contribution in [0.3, 0.4) is 0 Å². The van der Waals surface area contributed by atoms with Gasteiger partial charge in [-0.3, -0.25) is 9.69 Å². The first-order valence-electron chi connectivity index (χ1n) is 10.2. The zero-order valence-corrected chi connectivity index (χ0v) is 18.7. The van der Waals surface area contributed by atoms with Crippen molar-refractivity contribution in [3.8, 4) is 5.69 Å². The Morgan fingerprint density at radius 2 is 1.74 bits per heavy atom. The molecule has 0 aliphatic carbocycles. The third kappa shape index (κ3) is 5.10. The van der Waals surface area contributed by atoms with Gasteiger partial charge in [0.1, 0.15) is 5.02 Å². The molecular formula is C23H24Cl2N4O2. The maximum atomic E-state index is 12.8. The van der Waals surface area contributed by atoms with Crippen molar-refractivity contribution in [1.29, 1.82) is 0 Å². The molecule has 1 atom stereocenters. The van der Waals surface area contributed by atoms with Crippen LogP contribution in [0, 0.1) is 6.92 Å². The van der Waals surface area contributed by atoms with E-state index >= 15 is 0 Å². The first kappa shape index (κ1) is 21.8. The summed E-state index contributed by atoms with van der Waals surface area (Å²) in [5.41, 5.74) is 3.16. The van der Waals surface area contributed by atoms with Gasteiger partial charge in [0.2, 0.25) is 0 Å². The van der Waals surface area contributed by atoms with Crippen LogP contribution in [-0.4, -0.2) is 47.5 Å². The Balaban J connectivity index is 1.56. The average molecular weight is 459 g/mol. The number of hydrogen-bond donors (Lipinski definition) is 1. The number of aryl methyl sites for hydroxylation is 1. The number of hydrogen-bond acceptors (Lipinski definition) is 5. The molecule has 0 spiro atoms. The summed E-state index contributed by atoms with van der Waals surface area (Å²) in [6.07, 6.45) is 1.59. The van der Waals surface area contributed by atoms with E-state index in [0.29, 0.717) is 36.2 Å². The molecule has 2 heterocycles. The fourth-order valence-corrected chi connectivity index (χ4v) is 3.99. The van der Waals surface area contributed by atoms with Crippen LogP contribution < -0.4 is 10.9 Å². The normalized spacial score (nSPS) is 15.6. The number of morpholine rings is 1. The predicted octanol–water partition coefficient (Wildman–Crippen LogP) is 4.33. The highest BCUT2D eigenvalue weighted by molar-refractivity contribution is 6.33. The summed E-state index contributed by atoms with van der Waals surface area (Å²) >= 11 is 12.4. The Kier molecular flexibility index (Phi) is 6.92. The molecule has 31 heavy (non-hydrogen) atoms. The van der Waals surface area contributed by atoms with Crippen LogP contribution >= 0.6 is 23.2 Å². The minimum atomic E-state index is -0.382. The monoisotopic (exact) mass is 458 g/mol. The summed E-state index contributed by atoms with van der Waals surface area (Å²) in [7, 11) is 0. The average Bonchev–Trinajstić information content (AvgIpc) is 2.79. The molecule has 4 rings (SSSR count). The molecule has 1 aliphatic heterocycles. The summed E-state index contributed by atoms with van der Waals surface area (Å²) in [6.45, 7) is 5.79. The Morgan fingerprint density at radius 1 is 1.06 bits per heavy atom. The molecule has 1 aromatic heterocycles. The number of aromatic nitrogens is 2. The second-order valence-corrected chi connectivity index (χ2v) is 8.34. The van der Waals surface area contributed by atoms with Gasteiger partial charge in [-0.25, -0.2) is 0 Å². The van der Waals surface area contributed by atoms with Crippen molar-refractivity contribution in [2.75, 3.05) is 38.2 Å². The summed E-state index contributed by atoms with van der Waals surface area (Å²) in [5, 5.41) is 8.33. The van der Waals surface area contributed by atoms with Gasteiger partial charge in [0, 0.05) is 24.7 Å². The van der Waals surface area contributed by atoms with Crippen LogP contribution in [0.2, 0.25) is 10.0 Å². The number of nitrogens with one attached hydrogen (secondary N) is 1. The van der Waals surface area contributed by atoms with E-state index in [1.807, 2.05) is 0 Å². The zero-order valence-electron chi connectivity index (χ0n) is 17.2. The molecule has 1 N–H and O–H groups in total. The SMILES string of the molecule is Cc1ccc(C(CNc2cnn(-c3ccc(Cl)cc3)c(=O)c2Cl)N2CCOCC2)cc1. The Bertz CT molecular complexity index is 1080. The highest BCUT2D eigenvalue weighted by Gasteiger charge is 2.23. The zero-order chi connectivity index (χ0) is 21.8. The highest BCUT2D eigenvalue weighted by Crippen LogP contribution is 2.25. The third-order valence-corrected chi connectivity index (χ3v) is 6.04. The molecule has 0 saturated carbocycles. The van der Waals surface area contributed by atoms with Crippen LogP contribution in [0.1, 0.15) is 17.2 Å². The van der Waals surface area contributed by atoms with Gasteiger partial charge in [0.25, 0.3) is 5.56 Å². The quantitative estimate of drug-likeness (QED) is 0.595. The van der Waals surface area contributed by atoms with Crippen molar-refractivity contribution in [2.45, 2.75) is 13.0 Å². The standard InChI is InChI=1S/C23H24Cl2N4O2/c1-16-2-4-17(5-3-16)21(28-10-12-31-13-11-28)15-26-20-14-27-29(23(30)22(20)25)19-8-6-18(24)7-9-19/h2-9,14,21,26H,10-13,15H2,1H3. The first-order valence-corrected chi connectivity index (χ1v) is 10.9. The largest absolute Gasteiger partial charge is 0.380 e. The van der Waals surface area contributed by atoms with Gasteiger partial charge in [0.05, 0.1) is 36.8 Å². The number of rotatable bonds is 6. The van der Waals surface area contributed by atoms with Crippen molar-refractivity contribution in [3.63, 3.8) is 0 Å². The van der Waals surface area contributed by atoms with E-state index in [2.05, 4.69) is 46.5 Å². The maximum Gasteiger partial charge on any atom is 0.292 e.